The number of imidazole rings is 1. The number of halogens is 1. The molecule has 1 atom stereocenters. The third-order valence-corrected chi connectivity index (χ3v) is 4.84. The molecule has 2 heterocycles. The Morgan fingerprint density at radius 3 is 2.81 bits per heavy atom. The topological polar surface area (TPSA) is 39.9 Å². The summed E-state index contributed by atoms with van der Waals surface area (Å²) in [6.07, 6.45) is 0. The lowest BCUT2D eigenvalue weighted by Crippen LogP contribution is -2.09. The molecule has 3 aromatic rings. The number of ether oxygens (including phenoxy) is 1. The molecule has 3 rings (SSSR count). The van der Waals surface area contributed by atoms with Crippen LogP contribution in [-0.4, -0.2) is 21.6 Å². The van der Waals surface area contributed by atoms with E-state index in [1.165, 1.54) is 0 Å². The molecule has 0 aliphatic rings. The molecule has 0 fully saturated rings. The van der Waals surface area contributed by atoms with Crippen molar-refractivity contribution in [1.82, 2.24) is 14.5 Å². The monoisotopic (exact) mass is 321 g/mol. The number of aromatic nitrogens is 3. The molecule has 0 aliphatic carbocycles. The Kier molecular flexibility index (Phi) is 3.87. The Labute approximate surface area is 132 Å². The number of hydrogen-bond donors (Lipinski definition) is 0. The Balaban J connectivity index is 2.18. The van der Waals surface area contributed by atoms with Gasteiger partial charge in [-0.3, -0.25) is 0 Å². The van der Waals surface area contributed by atoms with Crippen molar-refractivity contribution in [2.75, 3.05) is 7.11 Å². The summed E-state index contributed by atoms with van der Waals surface area (Å²) in [6, 6.07) is 5.96. The van der Waals surface area contributed by atoms with E-state index in [9.17, 15) is 0 Å². The zero-order valence-corrected chi connectivity index (χ0v) is 13.7. The summed E-state index contributed by atoms with van der Waals surface area (Å²) in [5.41, 5.74) is 2.98. The molecule has 110 valence electrons. The second-order valence-electron chi connectivity index (χ2n) is 4.89. The normalized spacial score (nSPS) is 12.8. The van der Waals surface area contributed by atoms with Gasteiger partial charge < -0.3 is 9.30 Å². The van der Waals surface area contributed by atoms with Gasteiger partial charge in [-0.2, -0.15) is 0 Å². The molecule has 0 saturated heterocycles. The van der Waals surface area contributed by atoms with Crippen LogP contribution in [0.2, 0.25) is 0 Å². The second kappa shape index (κ2) is 5.66. The first kappa shape index (κ1) is 14.4. The van der Waals surface area contributed by atoms with Crippen LogP contribution in [0.4, 0.5) is 0 Å². The first-order valence-electron chi connectivity index (χ1n) is 6.67. The standard InChI is InChI=1S/C15H16ClN3OS/c1-9-8-21-15(17-9)10(2)19-13-6-11(20-3)4-5-12(13)18-14(19)7-16/h4-6,8,10H,7H2,1-3H3. The first-order chi connectivity index (χ1) is 10.1. The molecule has 0 saturated carbocycles. The minimum Gasteiger partial charge on any atom is -0.497 e. The number of hydrogen-bond acceptors (Lipinski definition) is 4. The highest BCUT2D eigenvalue weighted by molar-refractivity contribution is 7.09. The molecule has 6 heteroatoms. The summed E-state index contributed by atoms with van der Waals surface area (Å²) < 4.78 is 7.46. The number of thiazole rings is 1. The highest BCUT2D eigenvalue weighted by atomic mass is 35.5. The van der Waals surface area contributed by atoms with Crippen LogP contribution in [0.3, 0.4) is 0 Å². The minimum absolute atomic E-state index is 0.0922. The van der Waals surface area contributed by atoms with Crippen LogP contribution in [0.25, 0.3) is 11.0 Å². The molecule has 0 radical (unpaired) electrons. The van der Waals surface area contributed by atoms with E-state index >= 15 is 0 Å². The molecule has 0 aliphatic heterocycles. The smallest absolute Gasteiger partial charge is 0.125 e. The van der Waals surface area contributed by atoms with Crippen LogP contribution in [0.1, 0.15) is 29.5 Å². The molecule has 1 unspecified atom stereocenters. The number of aryl methyl sites for hydroxylation is 1. The van der Waals surface area contributed by atoms with Gasteiger partial charge in [-0.05, 0) is 26.0 Å². The van der Waals surface area contributed by atoms with Crippen LogP contribution >= 0.6 is 22.9 Å². The Hall–Kier alpha value is -1.59. The summed E-state index contributed by atoms with van der Waals surface area (Å²) in [7, 11) is 1.66. The summed E-state index contributed by atoms with van der Waals surface area (Å²) >= 11 is 7.74. The van der Waals surface area contributed by atoms with Gasteiger partial charge in [0.15, 0.2) is 0 Å². The maximum atomic E-state index is 6.08. The van der Waals surface area contributed by atoms with E-state index in [1.807, 2.05) is 25.1 Å². The molecule has 0 spiro atoms. The first-order valence-corrected chi connectivity index (χ1v) is 8.08. The van der Waals surface area contributed by atoms with Crippen LogP contribution in [0.15, 0.2) is 23.6 Å². The van der Waals surface area contributed by atoms with Gasteiger partial charge in [0, 0.05) is 17.1 Å². The van der Waals surface area contributed by atoms with Crippen molar-refractivity contribution >= 4 is 34.0 Å². The van der Waals surface area contributed by atoms with E-state index in [0.29, 0.717) is 5.88 Å². The third kappa shape index (κ3) is 2.51. The maximum absolute atomic E-state index is 6.08. The van der Waals surface area contributed by atoms with E-state index in [1.54, 1.807) is 18.4 Å². The number of alkyl halides is 1. The van der Waals surface area contributed by atoms with Crippen LogP contribution < -0.4 is 4.74 Å². The van der Waals surface area contributed by atoms with Gasteiger partial charge in [0.2, 0.25) is 0 Å². The molecular formula is C15H16ClN3OS. The van der Waals surface area contributed by atoms with Crippen LogP contribution in [0, 0.1) is 6.92 Å². The number of rotatable bonds is 4. The molecule has 0 bridgehead atoms. The van der Waals surface area contributed by atoms with Gasteiger partial charge in [-0.25, -0.2) is 9.97 Å². The summed E-state index contributed by atoms with van der Waals surface area (Å²) in [6.45, 7) is 4.12. The molecule has 2 aromatic heterocycles. The van der Waals surface area contributed by atoms with E-state index in [2.05, 4.69) is 26.8 Å². The fourth-order valence-corrected chi connectivity index (χ4v) is 3.48. The van der Waals surface area contributed by atoms with Gasteiger partial charge in [-0.15, -0.1) is 22.9 Å². The zero-order valence-electron chi connectivity index (χ0n) is 12.1. The van der Waals surface area contributed by atoms with Crippen molar-refractivity contribution in [1.29, 1.82) is 0 Å². The summed E-state index contributed by atoms with van der Waals surface area (Å²) in [4.78, 5) is 9.20. The fourth-order valence-electron chi connectivity index (χ4n) is 2.45. The minimum atomic E-state index is 0.0922. The fraction of sp³-hybridized carbons (Fsp3) is 0.333. The van der Waals surface area contributed by atoms with Crippen LogP contribution in [-0.2, 0) is 5.88 Å². The Morgan fingerprint density at radius 2 is 2.19 bits per heavy atom. The van der Waals surface area contributed by atoms with Gasteiger partial charge in [0.1, 0.15) is 16.6 Å². The lowest BCUT2D eigenvalue weighted by Gasteiger charge is -2.15. The Bertz CT molecular complexity index is 780. The maximum Gasteiger partial charge on any atom is 0.125 e. The predicted molar refractivity (Wildman–Crippen MR) is 86.5 cm³/mol. The van der Waals surface area contributed by atoms with Crippen LogP contribution in [0.5, 0.6) is 5.75 Å². The highest BCUT2D eigenvalue weighted by Crippen LogP contribution is 2.30. The number of methoxy groups -OCH3 is 1. The molecule has 0 N–H and O–H groups in total. The average Bonchev–Trinajstić information content (AvgIpc) is 3.08. The molecule has 4 nitrogen and oxygen atoms in total. The van der Waals surface area contributed by atoms with E-state index in [0.717, 1.165) is 33.3 Å². The summed E-state index contributed by atoms with van der Waals surface area (Å²) in [5.74, 6) is 2.03. The van der Waals surface area contributed by atoms with Crippen molar-refractivity contribution in [3.8, 4) is 5.75 Å². The van der Waals surface area contributed by atoms with E-state index in [-0.39, 0.29) is 6.04 Å². The lowest BCUT2D eigenvalue weighted by molar-refractivity contribution is 0.415. The molecule has 0 amide bonds. The van der Waals surface area contributed by atoms with E-state index in [4.69, 9.17) is 16.3 Å². The van der Waals surface area contributed by atoms with Crippen molar-refractivity contribution in [3.63, 3.8) is 0 Å². The van der Waals surface area contributed by atoms with Gasteiger partial charge in [0.05, 0.1) is 30.1 Å². The molecule has 21 heavy (non-hydrogen) atoms. The lowest BCUT2D eigenvalue weighted by atomic mass is 10.2. The van der Waals surface area contributed by atoms with Crippen molar-refractivity contribution in [2.45, 2.75) is 25.8 Å². The zero-order chi connectivity index (χ0) is 15.0. The average molecular weight is 322 g/mol. The number of benzene rings is 1. The molecule has 1 aromatic carbocycles. The van der Waals surface area contributed by atoms with E-state index < -0.39 is 0 Å². The van der Waals surface area contributed by atoms with Crippen molar-refractivity contribution in [3.05, 3.63) is 40.1 Å². The van der Waals surface area contributed by atoms with Gasteiger partial charge >= 0.3 is 0 Å². The van der Waals surface area contributed by atoms with Gasteiger partial charge in [-0.1, -0.05) is 0 Å². The van der Waals surface area contributed by atoms with Gasteiger partial charge in [0.25, 0.3) is 0 Å². The third-order valence-electron chi connectivity index (χ3n) is 3.47. The quantitative estimate of drug-likeness (QED) is 0.677. The Morgan fingerprint density at radius 1 is 1.38 bits per heavy atom. The number of fused-ring (bicyclic) bond motifs is 1. The predicted octanol–water partition coefficient (Wildman–Crippen LogP) is 4.16. The van der Waals surface area contributed by atoms with Crippen molar-refractivity contribution < 1.29 is 4.74 Å². The number of nitrogens with zero attached hydrogens (tertiary/aromatic N) is 3. The van der Waals surface area contributed by atoms with Crippen molar-refractivity contribution in [2.24, 2.45) is 0 Å². The second-order valence-corrected chi connectivity index (χ2v) is 6.05. The SMILES string of the molecule is COc1ccc2nc(CCl)n(C(C)c3nc(C)cs3)c2c1. The molecular weight excluding hydrogens is 306 g/mol. The largest absolute Gasteiger partial charge is 0.497 e. The summed E-state index contributed by atoms with van der Waals surface area (Å²) in [5, 5.41) is 3.12. The highest BCUT2D eigenvalue weighted by Gasteiger charge is 2.19.